The van der Waals surface area contributed by atoms with E-state index in [-0.39, 0.29) is 16.7 Å². The fourth-order valence-electron chi connectivity index (χ4n) is 2.94. The molecule has 3 aromatic carbocycles. The lowest BCUT2D eigenvalue weighted by Crippen LogP contribution is -2.30. The van der Waals surface area contributed by atoms with Crippen molar-refractivity contribution >= 4 is 41.7 Å². The minimum absolute atomic E-state index is 0.00833. The average Bonchev–Trinajstić information content (AvgIpc) is 2.69. The lowest BCUT2D eigenvalue weighted by Gasteiger charge is -2.23. The monoisotopic (exact) mass is 394 g/mol. The van der Waals surface area contributed by atoms with Crippen LogP contribution in [0.25, 0.3) is 0 Å². The molecule has 0 saturated heterocycles. The van der Waals surface area contributed by atoms with E-state index in [4.69, 9.17) is 0 Å². The second-order valence-electron chi connectivity index (χ2n) is 5.80. The van der Waals surface area contributed by atoms with E-state index in [1.165, 1.54) is 18.2 Å². The highest BCUT2D eigenvalue weighted by molar-refractivity contribution is 7.80. The van der Waals surface area contributed by atoms with E-state index in [9.17, 15) is 29.7 Å². The van der Waals surface area contributed by atoms with Crippen LogP contribution in [0.1, 0.15) is 31.1 Å². The largest absolute Gasteiger partial charge is 0.478 e. The van der Waals surface area contributed by atoms with Crippen LogP contribution < -0.4 is 15.9 Å². The third-order valence-electron chi connectivity index (χ3n) is 4.13. The first-order valence-corrected chi connectivity index (χ1v) is 9.53. The number of hydrogen-bond acceptors (Lipinski definition) is 3. The Morgan fingerprint density at radius 1 is 0.500 bits per heavy atom. The van der Waals surface area contributed by atoms with Crippen LogP contribution in [0, 0.1) is 0 Å². The first kappa shape index (κ1) is 19.3. The van der Waals surface area contributed by atoms with Gasteiger partial charge in [0.15, 0.2) is 0 Å². The quantitative estimate of drug-likeness (QED) is 0.554. The lowest BCUT2D eigenvalue weighted by molar-refractivity contribution is 0.0688. The zero-order valence-electron chi connectivity index (χ0n) is 14.4. The van der Waals surface area contributed by atoms with Gasteiger partial charge in [0.05, 0.1) is 16.7 Å². The predicted octanol–water partition coefficient (Wildman–Crippen LogP) is 2.54. The van der Waals surface area contributed by atoms with Crippen molar-refractivity contribution in [3.63, 3.8) is 0 Å². The molecule has 0 aliphatic rings. The van der Waals surface area contributed by atoms with Crippen molar-refractivity contribution in [1.82, 2.24) is 0 Å². The number of carboxylic acid groups (broad SMARTS) is 3. The molecule has 0 amide bonds. The van der Waals surface area contributed by atoms with Gasteiger partial charge in [-0.25, -0.2) is 14.4 Å². The fourth-order valence-corrected chi connectivity index (χ4v) is 5.66. The van der Waals surface area contributed by atoms with E-state index >= 15 is 0 Å². The summed E-state index contributed by atoms with van der Waals surface area (Å²) in [6, 6.07) is 18.8. The van der Waals surface area contributed by atoms with Gasteiger partial charge < -0.3 is 15.3 Å². The molecule has 3 aromatic rings. The summed E-state index contributed by atoms with van der Waals surface area (Å²) in [7, 11) is -1.75. The van der Waals surface area contributed by atoms with Crippen molar-refractivity contribution in [3.05, 3.63) is 89.5 Å². The Bertz CT molecular complexity index is 939. The van der Waals surface area contributed by atoms with Crippen LogP contribution in [0.15, 0.2) is 72.8 Å². The Morgan fingerprint density at radius 2 is 0.750 bits per heavy atom. The van der Waals surface area contributed by atoms with E-state index in [1.54, 1.807) is 54.6 Å². The second-order valence-corrected chi connectivity index (χ2v) is 7.92. The topological polar surface area (TPSA) is 112 Å². The Kier molecular flexibility index (Phi) is 5.52. The van der Waals surface area contributed by atoms with Crippen molar-refractivity contribution < 1.29 is 29.7 Å². The van der Waals surface area contributed by atoms with Crippen molar-refractivity contribution in [2.75, 3.05) is 0 Å². The number of hydrogen-bond donors (Lipinski definition) is 3. The smallest absolute Gasteiger partial charge is 0.336 e. The molecule has 0 aromatic heterocycles. The van der Waals surface area contributed by atoms with Gasteiger partial charge in [0.25, 0.3) is 0 Å². The molecule has 7 heteroatoms. The number of aromatic carboxylic acids is 3. The summed E-state index contributed by atoms with van der Waals surface area (Å²) in [5.74, 6) is -3.49. The van der Waals surface area contributed by atoms with E-state index < -0.39 is 25.8 Å². The van der Waals surface area contributed by atoms with Crippen molar-refractivity contribution in [3.8, 4) is 0 Å². The van der Waals surface area contributed by atoms with E-state index in [0.29, 0.717) is 15.9 Å². The van der Waals surface area contributed by atoms with Gasteiger partial charge in [-0.15, -0.1) is 0 Å². The Hall–Kier alpha value is -3.50. The van der Waals surface area contributed by atoms with Crippen LogP contribution >= 0.6 is 7.92 Å². The predicted molar refractivity (Wildman–Crippen MR) is 106 cm³/mol. The summed E-state index contributed by atoms with van der Waals surface area (Å²) in [5, 5.41) is 30.1. The molecule has 0 fully saturated rings. The Labute approximate surface area is 161 Å². The molecule has 0 radical (unpaired) electrons. The number of carbonyl (C=O) groups is 3. The summed E-state index contributed by atoms with van der Waals surface area (Å²) >= 11 is 0. The highest BCUT2D eigenvalue weighted by atomic mass is 31.1. The van der Waals surface area contributed by atoms with Gasteiger partial charge in [0.2, 0.25) is 0 Å². The molecule has 0 saturated carbocycles. The molecular formula is C21H15O6P. The fraction of sp³-hybridized carbons (Fsp3) is 0. The lowest BCUT2D eigenvalue weighted by atomic mass is 10.2. The van der Waals surface area contributed by atoms with Crippen LogP contribution in [0.4, 0.5) is 0 Å². The SMILES string of the molecule is O=C(O)c1ccccc1P(c1ccccc1C(=O)O)c1ccccc1C(=O)O. The highest BCUT2D eigenvalue weighted by Gasteiger charge is 2.28. The molecule has 0 atom stereocenters. The second kappa shape index (κ2) is 8.03. The third-order valence-corrected chi connectivity index (χ3v) is 6.74. The summed E-state index contributed by atoms with van der Waals surface area (Å²) < 4.78 is 0. The number of benzene rings is 3. The average molecular weight is 394 g/mol. The molecule has 0 unspecified atom stereocenters. The van der Waals surface area contributed by atoms with Crippen molar-refractivity contribution in [2.24, 2.45) is 0 Å². The maximum Gasteiger partial charge on any atom is 0.336 e. The summed E-state index contributed by atoms with van der Waals surface area (Å²) in [4.78, 5) is 35.4. The van der Waals surface area contributed by atoms with Crippen LogP contribution in [-0.2, 0) is 0 Å². The van der Waals surface area contributed by atoms with Gasteiger partial charge in [0, 0.05) is 0 Å². The first-order chi connectivity index (χ1) is 13.4. The molecule has 0 spiro atoms. The summed E-state index contributed by atoms with van der Waals surface area (Å²) in [6.07, 6.45) is 0. The molecule has 140 valence electrons. The van der Waals surface area contributed by atoms with E-state index in [1.807, 2.05) is 0 Å². The van der Waals surface area contributed by atoms with Crippen LogP contribution in [0.3, 0.4) is 0 Å². The van der Waals surface area contributed by atoms with Crippen molar-refractivity contribution in [1.29, 1.82) is 0 Å². The molecule has 3 N–H and O–H groups in total. The van der Waals surface area contributed by atoms with E-state index in [0.717, 1.165) is 0 Å². The molecule has 6 nitrogen and oxygen atoms in total. The van der Waals surface area contributed by atoms with Gasteiger partial charge in [-0.3, -0.25) is 0 Å². The zero-order valence-corrected chi connectivity index (χ0v) is 15.3. The standard InChI is InChI=1S/C21H15O6P/c22-19(23)13-7-1-4-10-16(13)28(17-11-5-2-8-14(17)20(24)25)18-12-6-3-9-15(18)21(26)27/h1-12H,(H,22,23)(H,24,25)(H,26,27). The normalized spacial score (nSPS) is 10.6. The first-order valence-electron chi connectivity index (χ1n) is 8.19. The van der Waals surface area contributed by atoms with Crippen LogP contribution in [-0.4, -0.2) is 33.2 Å². The van der Waals surface area contributed by atoms with Crippen LogP contribution in [0.2, 0.25) is 0 Å². The molecular weight excluding hydrogens is 379 g/mol. The van der Waals surface area contributed by atoms with Gasteiger partial charge in [-0.2, -0.15) is 0 Å². The van der Waals surface area contributed by atoms with Gasteiger partial charge in [0.1, 0.15) is 0 Å². The molecule has 3 rings (SSSR count). The molecule has 0 bridgehead atoms. The molecule has 28 heavy (non-hydrogen) atoms. The summed E-state index contributed by atoms with van der Waals surface area (Å²) in [5.41, 5.74) is 0.0250. The summed E-state index contributed by atoms with van der Waals surface area (Å²) in [6.45, 7) is 0. The van der Waals surface area contributed by atoms with Crippen LogP contribution in [0.5, 0.6) is 0 Å². The molecule has 0 heterocycles. The Morgan fingerprint density at radius 3 is 1.00 bits per heavy atom. The number of carboxylic acids is 3. The van der Waals surface area contributed by atoms with Crippen molar-refractivity contribution in [2.45, 2.75) is 0 Å². The van der Waals surface area contributed by atoms with Gasteiger partial charge in [-0.1, -0.05) is 54.6 Å². The van der Waals surface area contributed by atoms with Gasteiger partial charge >= 0.3 is 17.9 Å². The number of rotatable bonds is 6. The Balaban J connectivity index is 2.40. The highest BCUT2D eigenvalue weighted by Crippen LogP contribution is 2.36. The minimum Gasteiger partial charge on any atom is -0.478 e. The maximum atomic E-state index is 11.8. The molecule has 0 aliphatic carbocycles. The third kappa shape index (κ3) is 3.63. The maximum absolute atomic E-state index is 11.8. The molecule has 0 aliphatic heterocycles. The minimum atomic E-state index is -1.75. The zero-order chi connectivity index (χ0) is 20.3. The van der Waals surface area contributed by atoms with E-state index in [2.05, 4.69) is 0 Å². The van der Waals surface area contributed by atoms with Gasteiger partial charge in [-0.05, 0) is 42.0 Å².